The van der Waals surface area contributed by atoms with Crippen LogP contribution in [0.3, 0.4) is 0 Å². The minimum atomic E-state index is -0.428. The lowest BCUT2D eigenvalue weighted by atomic mass is 10.3. The van der Waals surface area contributed by atoms with E-state index >= 15 is 0 Å². The Kier molecular flexibility index (Phi) is 12.2. The summed E-state index contributed by atoms with van der Waals surface area (Å²) < 4.78 is 5.36. The van der Waals surface area contributed by atoms with Gasteiger partial charge in [-0.3, -0.25) is 10.1 Å². The maximum atomic E-state index is 10.4. The van der Waals surface area contributed by atoms with E-state index in [-0.39, 0.29) is 12.3 Å². The van der Waals surface area contributed by atoms with Crippen molar-refractivity contribution in [3.63, 3.8) is 0 Å². The molecule has 7 nitrogen and oxygen atoms in total. The van der Waals surface area contributed by atoms with Gasteiger partial charge in [-0.15, -0.1) is 0 Å². The molecule has 1 rings (SSSR count). The van der Waals surface area contributed by atoms with Crippen molar-refractivity contribution in [3.8, 4) is 5.75 Å². The predicted octanol–water partition coefficient (Wildman–Crippen LogP) is 1.17. The highest BCUT2D eigenvalue weighted by atomic mass is 16.6. The van der Waals surface area contributed by atoms with Gasteiger partial charge < -0.3 is 20.5 Å². The molecule has 0 aromatic heterocycles. The minimum absolute atomic E-state index is 0.0778. The van der Waals surface area contributed by atoms with E-state index in [1.54, 1.807) is 12.1 Å². The van der Waals surface area contributed by atoms with Crippen molar-refractivity contribution in [2.24, 2.45) is 0 Å². The van der Waals surface area contributed by atoms with Gasteiger partial charge in [0.25, 0.3) is 5.69 Å². The molecule has 0 amide bonds. The van der Waals surface area contributed by atoms with Crippen LogP contribution in [0, 0.1) is 10.1 Å². The van der Waals surface area contributed by atoms with E-state index in [4.69, 9.17) is 9.84 Å². The van der Waals surface area contributed by atoms with Crippen molar-refractivity contribution < 1.29 is 14.8 Å². The number of nitrogens with zero attached hydrogens (tertiary/aromatic N) is 1. The van der Waals surface area contributed by atoms with Crippen LogP contribution in [0.4, 0.5) is 5.69 Å². The molecule has 0 fully saturated rings. The molecule has 0 aliphatic rings. The Morgan fingerprint density at radius 3 is 2.14 bits per heavy atom. The highest BCUT2D eigenvalue weighted by molar-refractivity contribution is 5.35. The van der Waals surface area contributed by atoms with Crippen LogP contribution >= 0.6 is 0 Å². The van der Waals surface area contributed by atoms with Gasteiger partial charge in [-0.2, -0.15) is 0 Å². The van der Waals surface area contributed by atoms with Crippen LogP contribution in [0.5, 0.6) is 5.75 Å². The number of nitro benzene ring substituents is 1. The molecule has 7 heteroatoms. The predicted molar refractivity (Wildman–Crippen MR) is 82.8 cm³/mol. The van der Waals surface area contributed by atoms with Crippen LogP contribution in [0.1, 0.15) is 13.8 Å². The molecule has 0 saturated carbocycles. The molecule has 0 atom stereocenters. The van der Waals surface area contributed by atoms with E-state index in [9.17, 15) is 10.1 Å². The summed E-state index contributed by atoms with van der Waals surface area (Å²) in [7, 11) is 0. The van der Waals surface area contributed by atoms with Gasteiger partial charge >= 0.3 is 0 Å². The SMILES string of the molecule is CCNCCO.CCNCCOc1ccc([N+](=O)[O-])cc1. The van der Waals surface area contributed by atoms with Crippen molar-refractivity contribution in [2.75, 3.05) is 39.4 Å². The number of nitrogens with one attached hydrogen (secondary N) is 2. The number of likely N-dealkylation sites (N-methyl/N-ethyl adjacent to an activating group) is 2. The summed E-state index contributed by atoms with van der Waals surface area (Å²) in [5.74, 6) is 0.651. The van der Waals surface area contributed by atoms with E-state index in [0.717, 1.165) is 26.2 Å². The summed E-state index contributed by atoms with van der Waals surface area (Å²) in [6, 6.07) is 6.07. The zero-order valence-corrected chi connectivity index (χ0v) is 12.7. The molecule has 0 radical (unpaired) electrons. The molecule has 1 aromatic carbocycles. The average molecular weight is 299 g/mol. The van der Waals surface area contributed by atoms with Gasteiger partial charge in [0, 0.05) is 25.2 Å². The van der Waals surface area contributed by atoms with Crippen LogP contribution in [0.25, 0.3) is 0 Å². The Labute approximate surface area is 125 Å². The van der Waals surface area contributed by atoms with Crippen molar-refractivity contribution in [2.45, 2.75) is 13.8 Å². The number of rotatable bonds is 9. The molecule has 0 spiro atoms. The van der Waals surface area contributed by atoms with Crippen LogP contribution in [0.2, 0.25) is 0 Å². The van der Waals surface area contributed by atoms with Crippen LogP contribution in [-0.2, 0) is 0 Å². The summed E-state index contributed by atoms with van der Waals surface area (Å²) in [4.78, 5) is 9.94. The molecule has 0 bridgehead atoms. The summed E-state index contributed by atoms with van der Waals surface area (Å²) in [6.45, 7) is 8.18. The van der Waals surface area contributed by atoms with Crippen LogP contribution < -0.4 is 15.4 Å². The fourth-order valence-electron chi connectivity index (χ4n) is 1.34. The van der Waals surface area contributed by atoms with Crippen LogP contribution in [0.15, 0.2) is 24.3 Å². The number of aliphatic hydroxyl groups excluding tert-OH is 1. The number of ether oxygens (including phenoxy) is 1. The number of hydrogen-bond acceptors (Lipinski definition) is 6. The smallest absolute Gasteiger partial charge is 0.269 e. The second kappa shape index (κ2) is 13.3. The molecule has 0 unspecified atom stereocenters. The minimum Gasteiger partial charge on any atom is -0.492 e. The van der Waals surface area contributed by atoms with Gasteiger partial charge in [-0.05, 0) is 25.2 Å². The van der Waals surface area contributed by atoms with Gasteiger partial charge in [-0.25, -0.2) is 0 Å². The standard InChI is InChI=1S/C10H14N2O3.C4H11NO/c1-2-11-7-8-15-10-5-3-9(4-6-10)12(13)14;1-2-5-3-4-6/h3-6,11H,2,7-8H2,1H3;5-6H,2-4H2,1H3. The molecular weight excluding hydrogens is 274 g/mol. The molecule has 21 heavy (non-hydrogen) atoms. The van der Waals surface area contributed by atoms with Crippen LogP contribution in [-0.4, -0.2) is 49.4 Å². The fraction of sp³-hybridized carbons (Fsp3) is 0.571. The maximum absolute atomic E-state index is 10.4. The molecule has 1 aromatic rings. The van der Waals surface area contributed by atoms with Gasteiger partial charge in [0.05, 0.1) is 11.5 Å². The fourth-order valence-corrected chi connectivity index (χ4v) is 1.34. The molecule has 3 N–H and O–H groups in total. The Bertz CT molecular complexity index is 367. The molecular formula is C14H25N3O4. The van der Waals surface area contributed by atoms with Crippen molar-refractivity contribution >= 4 is 5.69 Å². The number of nitro groups is 1. The van der Waals surface area contributed by atoms with Crippen molar-refractivity contribution in [1.29, 1.82) is 0 Å². The third-order valence-electron chi connectivity index (χ3n) is 2.38. The first kappa shape index (κ1) is 19.3. The quantitative estimate of drug-likeness (QED) is 0.360. The van der Waals surface area contributed by atoms with Gasteiger partial charge in [0.15, 0.2) is 0 Å². The van der Waals surface area contributed by atoms with E-state index in [0.29, 0.717) is 12.4 Å². The summed E-state index contributed by atoms with van der Waals surface area (Å²) in [5.41, 5.74) is 0.0778. The third kappa shape index (κ3) is 10.7. The molecule has 0 saturated heterocycles. The average Bonchev–Trinajstić information content (AvgIpc) is 2.50. The Morgan fingerprint density at radius 2 is 1.71 bits per heavy atom. The number of aliphatic hydroxyl groups is 1. The first-order chi connectivity index (χ1) is 10.2. The highest BCUT2D eigenvalue weighted by Crippen LogP contribution is 2.16. The van der Waals surface area contributed by atoms with E-state index < -0.39 is 4.92 Å². The Balaban J connectivity index is 0.000000567. The lowest BCUT2D eigenvalue weighted by Gasteiger charge is -2.05. The summed E-state index contributed by atoms with van der Waals surface area (Å²) in [5, 5.41) is 24.6. The summed E-state index contributed by atoms with van der Waals surface area (Å²) >= 11 is 0. The molecule has 0 aliphatic heterocycles. The second-order valence-electron chi connectivity index (χ2n) is 4.03. The van der Waals surface area contributed by atoms with Gasteiger partial charge in [0.1, 0.15) is 12.4 Å². The lowest BCUT2D eigenvalue weighted by Crippen LogP contribution is -2.20. The zero-order valence-electron chi connectivity index (χ0n) is 12.7. The first-order valence-electron chi connectivity index (χ1n) is 7.05. The molecule has 120 valence electrons. The topological polar surface area (TPSA) is 96.7 Å². The second-order valence-corrected chi connectivity index (χ2v) is 4.03. The summed E-state index contributed by atoms with van der Waals surface area (Å²) in [6.07, 6.45) is 0. The van der Waals surface area contributed by atoms with Gasteiger partial charge in [-0.1, -0.05) is 13.8 Å². The van der Waals surface area contributed by atoms with E-state index in [2.05, 4.69) is 10.6 Å². The Morgan fingerprint density at radius 1 is 1.14 bits per heavy atom. The van der Waals surface area contributed by atoms with Crippen molar-refractivity contribution in [1.82, 2.24) is 10.6 Å². The number of hydrogen-bond donors (Lipinski definition) is 3. The molecule has 0 aliphatic carbocycles. The zero-order chi connectivity index (χ0) is 15.9. The lowest BCUT2D eigenvalue weighted by molar-refractivity contribution is -0.384. The first-order valence-corrected chi connectivity index (χ1v) is 7.05. The third-order valence-corrected chi connectivity index (χ3v) is 2.38. The van der Waals surface area contributed by atoms with E-state index in [1.165, 1.54) is 12.1 Å². The monoisotopic (exact) mass is 299 g/mol. The maximum Gasteiger partial charge on any atom is 0.269 e. The number of non-ortho nitro benzene ring substituents is 1. The van der Waals surface area contributed by atoms with E-state index in [1.807, 2.05) is 13.8 Å². The highest BCUT2D eigenvalue weighted by Gasteiger charge is 2.03. The Hall–Kier alpha value is -1.70. The normalized spacial score (nSPS) is 9.67. The van der Waals surface area contributed by atoms with Crippen molar-refractivity contribution in [3.05, 3.63) is 34.4 Å². The van der Waals surface area contributed by atoms with Gasteiger partial charge in [0.2, 0.25) is 0 Å². The largest absolute Gasteiger partial charge is 0.492 e. The molecule has 0 heterocycles. The number of benzene rings is 1.